The van der Waals surface area contributed by atoms with Gasteiger partial charge in [0.05, 0.1) is 97.3 Å². The Hall–Kier alpha value is -6.52. The highest BCUT2D eigenvalue weighted by atomic mass is 32.2. The first kappa shape index (κ1) is 63.5. The monoisotopic (exact) mass is 1180 g/mol. The summed E-state index contributed by atoms with van der Waals surface area (Å²) in [4.78, 5) is 31.6. The van der Waals surface area contributed by atoms with Gasteiger partial charge in [-0.1, -0.05) is 66.4 Å². The fourth-order valence-corrected chi connectivity index (χ4v) is 10.9. The minimum atomic E-state index is -1.09. The zero-order valence-corrected chi connectivity index (χ0v) is 48.5. The maximum Gasteiger partial charge on any atom is 0.365 e. The number of hydrogen-bond acceptors (Lipinski definition) is 19. The van der Waals surface area contributed by atoms with Crippen LogP contribution < -0.4 is 16.2 Å². The number of carbonyl (C=O) groups excluding carboxylic acids is 1. The van der Waals surface area contributed by atoms with Crippen molar-refractivity contribution in [3.8, 4) is 22.8 Å². The lowest BCUT2D eigenvalue weighted by Crippen LogP contribution is -2.47. The third-order valence-corrected chi connectivity index (χ3v) is 15.3. The molecule has 24 heteroatoms. The van der Waals surface area contributed by atoms with E-state index in [0.717, 1.165) is 59.5 Å². The van der Waals surface area contributed by atoms with Crippen molar-refractivity contribution in [2.24, 2.45) is 10.8 Å². The first-order valence-corrected chi connectivity index (χ1v) is 29.1. The molecule has 4 heterocycles. The van der Waals surface area contributed by atoms with Crippen LogP contribution in [0.5, 0.6) is 11.5 Å². The molecule has 0 saturated carbocycles. The van der Waals surface area contributed by atoms with Gasteiger partial charge in [-0.25, -0.2) is 33.3 Å². The number of ether oxygens (including phenoxy) is 7. The molecule has 5 N–H and O–H groups in total. The number of carbonyl (C=O) groups is 1. The van der Waals surface area contributed by atoms with Crippen LogP contribution in [0.2, 0.25) is 0 Å². The molecule has 21 nitrogen and oxygen atoms in total. The van der Waals surface area contributed by atoms with Gasteiger partial charge in [0, 0.05) is 44.4 Å². The number of aliphatic hydroxyl groups excluding tert-OH is 1. The van der Waals surface area contributed by atoms with Gasteiger partial charge in [-0.2, -0.15) is 15.2 Å². The Balaban J connectivity index is 0.617. The summed E-state index contributed by atoms with van der Waals surface area (Å²) < 4.78 is 71.0. The maximum atomic E-state index is 15.0. The number of benzene rings is 4. The van der Waals surface area contributed by atoms with Crippen molar-refractivity contribution in [2.45, 2.75) is 42.8 Å². The van der Waals surface area contributed by atoms with Gasteiger partial charge in [-0.05, 0) is 106 Å². The number of nitrogens with zero attached hydrogens (tertiary/aromatic N) is 9. The Morgan fingerprint density at radius 3 is 2.08 bits per heavy atom. The zero-order chi connectivity index (χ0) is 58.9. The van der Waals surface area contributed by atoms with Gasteiger partial charge in [0.25, 0.3) is 0 Å². The molecule has 3 atom stereocenters. The van der Waals surface area contributed by atoms with Crippen molar-refractivity contribution >= 4 is 39.7 Å². The lowest BCUT2D eigenvalue weighted by atomic mass is 10.0. The van der Waals surface area contributed by atoms with Crippen LogP contribution in [0.1, 0.15) is 42.9 Å². The number of likely N-dealkylation sites (tertiary alicyclic amines) is 1. The number of hydroxylamine groups is 2. The second-order valence-electron chi connectivity index (χ2n) is 19.9. The molecule has 0 spiro atoms. The standard InChI is InChI=1S/C60H77F2N11O10S/c1-69(26-10-17-53(74)71-27-9-14-48(43-71)72-57-54(56(64)65-44-66-57)55(67-72)45-18-21-50(22-19-45)83-49-15-7-4-8-16-49)28-29-76-30-31-77-32-33-78-34-35-79-36-37-80-38-39-81-40-41-82-70(2)59(75)73-60(24-11-25-63,46-12-5-3-6-13-46)84-58(68-73)51-42-47(61)20-23-52(51)62/h3-8,10,12-13,15-23,42,44,48,53,74H,9,11,14,24-41,43,63H2,1-2H3,(H2,64,65,66)/b17-10+/t48-,53?,60?/m1/s1. The largest absolute Gasteiger partial charge is 0.457 e. The summed E-state index contributed by atoms with van der Waals surface area (Å²) in [5.74, 6) is 0.549. The van der Waals surface area contributed by atoms with Crippen LogP contribution >= 0.6 is 11.8 Å². The van der Waals surface area contributed by atoms with E-state index in [9.17, 15) is 18.7 Å². The van der Waals surface area contributed by atoms with Crippen LogP contribution in [0.25, 0.3) is 22.3 Å². The van der Waals surface area contributed by atoms with Gasteiger partial charge in [0.2, 0.25) is 0 Å². The molecule has 6 aromatic rings. The van der Waals surface area contributed by atoms with Gasteiger partial charge in [-0.3, -0.25) is 9.74 Å². The highest BCUT2D eigenvalue weighted by Crippen LogP contribution is 2.51. The Morgan fingerprint density at radius 1 is 0.810 bits per heavy atom. The maximum absolute atomic E-state index is 15.0. The number of halogens is 2. The number of aromatic nitrogens is 4. The number of amides is 2. The van der Waals surface area contributed by atoms with Crippen molar-refractivity contribution in [3.63, 3.8) is 0 Å². The summed E-state index contributed by atoms with van der Waals surface area (Å²) in [5, 5.41) is 24.0. The summed E-state index contributed by atoms with van der Waals surface area (Å²) in [7, 11) is 3.47. The van der Waals surface area contributed by atoms with Gasteiger partial charge < -0.3 is 54.6 Å². The smallest absolute Gasteiger partial charge is 0.365 e. The summed E-state index contributed by atoms with van der Waals surface area (Å²) >= 11 is 1.17. The summed E-state index contributed by atoms with van der Waals surface area (Å²) in [6.07, 6.45) is 7.23. The number of nitrogen functional groups attached to an aromatic ring is 1. The van der Waals surface area contributed by atoms with Gasteiger partial charge in [-0.15, -0.1) is 0 Å². The number of thioether (sulfide) groups is 1. The number of hydrazone groups is 1. The van der Waals surface area contributed by atoms with Crippen molar-refractivity contribution in [1.29, 1.82) is 0 Å². The highest BCUT2D eigenvalue weighted by Gasteiger charge is 2.50. The van der Waals surface area contributed by atoms with E-state index in [0.29, 0.717) is 140 Å². The van der Waals surface area contributed by atoms with Crippen LogP contribution in [0, 0.1) is 11.6 Å². The summed E-state index contributed by atoms with van der Waals surface area (Å²) in [6, 6.07) is 29.2. The van der Waals surface area contributed by atoms with E-state index >= 15 is 0 Å². The molecule has 2 aromatic heterocycles. The molecule has 1 saturated heterocycles. The highest BCUT2D eigenvalue weighted by molar-refractivity contribution is 8.15. The number of anilines is 1. The van der Waals surface area contributed by atoms with Gasteiger partial charge in [0.15, 0.2) is 5.65 Å². The lowest BCUT2D eigenvalue weighted by molar-refractivity contribution is -0.126. The zero-order valence-electron chi connectivity index (χ0n) is 47.7. The van der Waals surface area contributed by atoms with E-state index < -0.39 is 28.8 Å². The molecule has 2 amide bonds. The van der Waals surface area contributed by atoms with Crippen molar-refractivity contribution < 1.29 is 56.7 Å². The number of aliphatic hydroxyl groups is 1. The molecule has 0 radical (unpaired) electrons. The quantitative estimate of drug-likeness (QED) is 0.0197. The Morgan fingerprint density at radius 2 is 1.43 bits per heavy atom. The molecule has 1 fully saturated rings. The van der Waals surface area contributed by atoms with E-state index in [4.69, 9.17) is 54.6 Å². The molecule has 84 heavy (non-hydrogen) atoms. The fraction of sp³-hybridized carbons (Fsp3) is 0.450. The van der Waals surface area contributed by atoms with E-state index in [-0.39, 0.29) is 29.9 Å². The van der Waals surface area contributed by atoms with Crippen LogP contribution in [-0.4, -0.2) is 195 Å². The van der Waals surface area contributed by atoms with Crippen LogP contribution in [0.15, 0.2) is 127 Å². The number of urea groups is 1. The van der Waals surface area contributed by atoms with Crippen molar-refractivity contribution in [3.05, 3.63) is 144 Å². The number of likely N-dealkylation sites (N-methyl/N-ethyl adjacent to an activating group) is 1. The number of hydrogen-bond donors (Lipinski definition) is 3. The second-order valence-corrected chi connectivity index (χ2v) is 21.1. The average Bonchev–Trinajstić information content (AvgIpc) is 2.24. The molecule has 8 rings (SSSR count). The van der Waals surface area contributed by atoms with Crippen LogP contribution in [-0.2, 0) is 38.1 Å². The Labute approximate surface area is 493 Å². The molecule has 2 unspecified atom stereocenters. The fourth-order valence-electron chi connectivity index (χ4n) is 9.49. The molecular weight excluding hydrogens is 1100 g/mol. The van der Waals surface area contributed by atoms with E-state index in [2.05, 4.69) is 24.9 Å². The summed E-state index contributed by atoms with van der Waals surface area (Å²) in [6.45, 7) is 7.90. The normalized spacial score (nSPS) is 17.0. The lowest BCUT2D eigenvalue weighted by Gasteiger charge is -2.37. The molecule has 2 aliphatic rings. The second kappa shape index (κ2) is 33.2. The molecule has 452 valence electrons. The predicted octanol–water partition coefficient (Wildman–Crippen LogP) is 7.67. The third-order valence-electron chi connectivity index (χ3n) is 13.8. The molecular formula is C60H77F2N11O10S. The van der Waals surface area contributed by atoms with Crippen LogP contribution in [0.4, 0.5) is 19.4 Å². The minimum Gasteiger partial charge on any atom is -0.457 e. The average molecular weight is 1180 g/mol. The Bertz CT molecular complexity index is 3010. The first-order chi connectivity index (χ1) is 41.0. The van der Waals surface area contributed by atoms with E-state index in [1.54, 1.807) is 0 Å². The number of para-hydroxylation sites is 1. The first-order valence-electron chi connectivity index (χ1n) is 28.3. The minimum absolute atomic E-state index is 0.0279. The molecule has 2 aliphatic heterocycles. The molecule has 4 aromatic carbocycles. The SMILES string of the molecule is CN(C/C=C/C(O)N1CCC[C@@H](n2nc(-c3ccc(Oc4ccccc4)cc3)c3c(N)ncnc32)C1)CCOCCOCCOCCOCCOCCOCCON(C)C(=O)N1N=C(c2cc(F)ccc2F)SC1(CCCN)c1ccccc1. The van der Waals surface area contributed by atoms with Crippen molar-refractivity contribution in [1.82, 2.24) is 39.6 Å². The van der Waals surface area contributed by atoms with Gasteiger partial charge in [0.1, 0.15) is 57.1 Å². The number of rotatable bonds is 35. The number of piperidine rings is 1. The Kier molecular flexibility index (Phi) is 25.1. The van der Waals surface area contributed by atoms with E-state index in [1.807, 2.05) is 109 Å². The predicted molar refractivity (Wildman–Crippen MR) is 317 cm³/mol. The van der Waals surface area contributed by atoms with E-state index in [1.165, 1.54) is 30.1 Å². The topological polar surface area (TPSA) is 232 Å². The van der Waals surface area contributed by atoms with Crippen LogP contribution in [0.3, 0.4) is 0 Å². The number of fused-ring (bicyclic) bond motifs is 1. The van der Waals surface area contributed by atoms with Gasteiger partial charge >= 0.3 is 6.03 Å². The summed E-state index contributed by atoms with van der Waals surface area (Å²) in [5.41, 5.74) is 15.3. The number of nitrogens with two attached hydrogens (primary N) is 2. The molecule has 0 bridgehead atoms. The van der Waals surface area contributed by atoms with Crippen molar-refractivity contribution in [2.75, 3.05) is 138 Å². The molecule has 0 aliphatic carbocycles. The third kappa shape index (κ3) is 18.0.